The van der Waals surface area contributed by atoms with E-state index in [1.807, 2.05) is 25.7 Å². The molecule has 0 bridgehead atoms. The molecule has 0 aromatic heterocycles. The number of carbonyl (C=O) groups excluding carboxylic acids is 3. The van der Waals surface area contributed by atoms with Crippen molar-refractivity contribution in [2.24, 2.45) is 11.8 Å². The van der Waals surface area contributed by atoms with Crippen LogP contribution in [-0.2, 0) is 19.1 Å². The lowest BCUT2D eigenvalue weighted by Crippen LogP contribution is -2.40. The van der Waals surface area contributed by atoms with E-state index in [1.54, 1.807) is 0 Å². The number of nitrogens with zero attached hydrogens (tertiary/aromatic N) is 1. The lowest BCUT2D eigenvalue weighted by molar-refractivity contribution is -0.136. The van der Waals surface area contributed by atoms with Gasteiger partial charge in [-0.1, -0.05) is 17.7 Å². The highest BCUT2D eigenvalue weighted by atomic mass is 16.5. The fourth-order valence-corrected chi connectivity index (χ4v) is 5.04. The topological polar surface area (TPSA) is 63.7 Å². The minimum atomic E-state index is -0.589. The summed E-state index contributed by atoms with van der Waals surface area (Å²) in [5.74, 6) is -0.181. The molecule has 152 valence electrons. The second kappa shape index (κ2) is 8.56. The van der Waals surface area contributed by atoms with Crippen LogP contribution in [0, 0.1) is 32.6 Å². The maximum Gasteiger partial charge on any atom is 0.248 e. The van der Waals surface area contributed by atoms with Crippen molar-refractivity contribution in [2.45, 2.75) is 52.4 Å². The molecule has 1 aliphatic carbocycles. The molecular formula is C23H31NO4. The van der Waals surface area contributed by atoms with Crippen LogP contribution in [0.2, 0.25) is 0 Å². The van der Waals surface area contributed by atoms with Crippen molar-refractivity contribution in [3.8, 4) is 0 Å². The Bertz CT molecular complexity index is 754. The van der Waals surface area contributed by atoms with Crippen molar-refractivity contribution >= 4 is 17.5 Å². The summed E-state index contributed by atoms with van der Waals surface area (Å²) in [7, 11) is 1.53. The number of ketones is 2. The highest BCUT2D eigenvalue weighted by Crippen LogP contribution is 2.39. The van der Waals surface area contributed by atoms with E-state index in [4.69, 9.17) is 4.74 Å². The molecule has 0 spiro atoms. The molecule has 2 unspecified atom stereocenters. The van der Waals surface area contributed by atoms with Crippen LogP contribution in [0.25, 0.3) is 0 Å². The van der Waals surface area contributed by atoms with E-state index < -0.39 is 5.92 Å². The first-order chi connectivity index (χ1) is 13.3. The van der Waals surface area contributed by atoms with E-state index in [1.165, 1.54) is 7.11 Å². The van der Waals surface area contributed by atoms with E-state index in [0.29, 0.717) is 25.4 Å². The van der Waals surface area contributed by atoms with Gasteiger partial charge in [-0.25, -0.2) is 0 Å². The summed E-state index contributed by atoms with van der Waals surface area (Å²) < 4.78 is 4.92. The summed E-state index contributed by atoms with van der Waals surface area (Å²) in [6.45, 7) is 7.57. The number of Topliss-reactive ketones (excluding diaryl/α,β-unsaturated/α-hetero) is 2. The lowest BCUT2D eigenvalue weighted by atomic mass is 9.83. The Hall–Kier alpha value is -2.01. The van der Waals surface area contributed by atoms with Crippen LogP contribution in [0.15, 0.2) is 12.1 Å². The molecule has 1 aromatic carbocycles. The molecule has 2 aliphatic rings. The van der Waals surface area contributed by atoms with E-state index in [0.717, 1.165) is 41.5 Å². The SMILES string of the molecule is COCC(=O)N1CCC(CC2CC(=O)C(c3c(C)cc(C)cc3C)C2=O)CC1. The zero-order valence-electron chi connectivity index (χ0n) is 17.4. The van der Waals surface area contributed by atoms with Crippen LogP contribution in [-0.4, -0.2) is 49.2 Å². The Morgan fingerprint density at radius 3 is 2.29 bits per heavy atom. The average molecular weight is 386 g/mol. The molecule has 28 heavy (non-hydrogen) atoms. The molecule has 2 fully saturated rings. The quantitative estimate of drug-likeness (QED) is 0.731. The first-order valence-electron chi connectivity index (χ1n) is 10.2. The summed E-state index contributed by atoms with van der Waals surface area (Å²) in [5.41, 5.74) is 4.15. The highest BCUT2D eigenvalue weighted by Gasteiger charge is 2.44. The van der Waals surface area contributed by atoms with Gasteiger partial charge in [0.2, 0.25) is 5.91 Å². The third-order valence-corrected chi connectivity index (χ3v) is 6.34. The fourth-order valence-electron chi connectivity index (χ4n) is 5.04. The van der Waals surface area contributed by atoms with Gasteiger partial charge in [0.15, 0.2) is 5.78 Å². The van der Waals surface area contributed by atoms with Gasteiger partial charge in [-0.2, -0.15) is 0 Å². The summed E-state index contributed by atoms with van der Waals surface area (Å²) >= 11 is 0. The van der Waals surface area contributed by atoms with E-state index in [2.05, 4.69) is 12.1 Å². The van der Waals surface area contributed by atoms with Gasteiger partial charge in [-0.3, -0.25) is 14.4 Å². The van der Waals surface area contributed by atoms with Crippen molar-refractivity contribution in [2.75, 3.05) is 26.8 Å². The fraction of sp³-hybridized carbons (Fsp3) is 0.609. The summed E-state index contributed by atoms with van der Waals surface area (Å²) in [4.78, 5) is 39.7. The number of amides is 1. The number of methoxy groups -OCH3 is 1. The average Bonchev–Trinajstić information content (AvgIpc) is 2.89. The van der Waals surface area contributed by atoms with Crippen molar-refractivity contribution in [3.05, 3.63) is 34.4 Å². The largest absolute Gasteiger partial charge is 0.375 e. The van der Waals surface area contributed by atoms with Crippen molar-refractivity contribution in [1.82, 2.24) is 4.90 Å². The Labute approximate surface area is 167 Å². The minimum absolute atomic E-state index is 0.0263. The van der Waals surface area contributed by atoms with Gasteiger partial charge < -0.3 is 9.64 Å². The molecule has 1 amide bonds. The summed E-state index contributed by atoms with van der Waals surface area (Å²) in [6.07, 6.45) is 2.90. The summed E-state index contributed by atoms with van der Waals surface area (Å²) in [6, 6.07) is 4.12. The normalized spacial score (nSPS) is 23.5. The van der Waals surface area contributed by atoms with Gasteiger partial charge >= 0.3 is 0 Å². The van der Waals surface area contributed by atoms with Crippen LogP contribution in [0.1, 0.15) is 53.9 Å². The van der Waals surface area contributed by atoms with E-state index in [9.17, 15) is 14.4 Å². The molecule has 5 nitrogen and oxygen atoms in total. The maximum absolute atomic E-state index is 13.1. The number of hydrogen-bond acceptors (Lipinski definition) is 4. The molecule has 5 heteroatoms. The molecule has 1 saturated heterocycles. The smallest absolute Gasteiger partial charge is 0.248 e. The predicted molar refractivity (Wildman–Crippen MR) is 107 cm³/mol. The predicted octanol–water partition coefficient (Wildman–Crippen LogP) is 3.13. The van der Waals surface area contributed by atoms with Crippen molar-refractivity contribution < 1.29 is 19.1 Å². The molecule has 2 atom stereocenters. The second-order valence-corrected chi connectivity index (χ2v) is 8.51. The van der Waals surface area contributed by atoms with Gasteiger partial charge in [-0.05, 0) is 62.6 Å². The zero-order valence-corrected chi connectivity index (χ0v) is 17.4. The third-order valence-electron chi connectivity index (χ3n) is 6.34. The van der Waals surface area contributed by atoms with Gasteiger partial charge in [0.25, 0.3) is 0 Å². The molecular weight excluding hydrogens is 354 g/mol. The molecule has 3 rings (SSSR count). The number of hydrogen-bond donors (Lipinski definition) is 0. The molecule has 1 heterocycles. The van der Waals surface area contributed by atoms with Crippen LogP contribution >= 0.6 is 0 Å². The maximum atomic E-state index is 13.1. The standard InChI is InChI=1S/C23H31NO4/c1-14-9-15(2)21(16(3)10-14)22-19(25)12-18(23(22)27)11-17-5-7-24(8-6-17)20(26)13-28-4/h9-10,17-18,22H,5-8,11-13H2,1-4H3. The Kier molecular flexibility index (Phi) is 6.33. The van der Waals surface area contributed by atoms with Gasteiger partial charge in [0.1, 0.15) is 18.3 Å². The molecule has 1 aromatic rings. The van der Waals surface area contributed by atoms with Crippen molar-refractivity contribution in [1.29, 1.82) is 0 Å². The van der Waals surface area contributed by atoms with Gasteiger partial charge in [0.05, 0.1) is 0 Å². The van der Waals surface area contributed by atoms with Crippen LogP contribution in [0.3, 0.4) is 0 Å². The number of benzene rings is 1. The molecule has 0 N–H and O–H groups in total. The van der Waals surface area contributed by atoms with E-state index in [-0.39, 0.29) is 30.0 Å². The Morgan fingerprint density at radius 1 is 1.11 bits per heavy atom. The van der Waals surface area contributed by atoms with Gasteiger partial charge in [-0.15, -0.1) is 0 Å². The van der Waals surface area contributed by atoms with Crippen molar-refractivity contribution in [3.63, 3.8) is 0 Å². The van der Waals surface area contributed by atoms with Crippen LogP contribution in [0.5, 0.6) is 0 Å². The second-order valence-electron chi connectivity index (χ2n) is 8.51. The molecule has 1 aliphatic heterocycles. The van der Waals surface area contributed by atoms with Crippen LogP contribution in [0.4, 0.5) is 0 Å². The first kappa shape index (κ1) is 20.7. The Balaban J connectivity index is 1.65. The summed E-state index contributed by atoms with van der Waals surface area (Å²) in [5, 5.41) is 0. The monoisotopic (exact) mass is 385 g/mol. The zero-order chi connectivity index (χ0) is 20.4. The van der Waals surface area contributed by atoms with Crippen LogP contribution < -0.4 is 0 Å². The number of carbonyl (C=O) groups is 3. The Morgan fingerprint density at radius 2 is 1.71 bits per heavy atom. The highest BCUT2D eigenvalue weighted by molar-refractivity contribution is 6.15. The molecule has 1 saturated carbocycles. The minimum Gasteiger partial charge on any atom is -0.375 e. The first-order valence-corrected chi connectivity index (χ1v) is 10.2. The number of aryl methyl sites for hydroxylation is 3. The molecule has 0 radical (unpaired) electrons. The number of rotatable bonds is 5. The lowest BCUT2D eigenvalue weighted by Gasteiger charge is -2.32. The number of likely N-dealkylation sites (tertiary alicyclic amines) is 1. The number of piperidine rings is 1. The third kappa shape index (κ3) is 4.19. The number of ether oxygens (including phenoxy) is 1. The van der Waals surface area contributed by atoms with Gasteiger partial charge in [0, 0.05) is 32.5 Å². The van der Waals surface area contributed by atoms with E-state index >= 15 is 0 Å².